The molecule has 1 aliphatic heterocycles. The summed E-state index contributed by atoms with van der Waals surface area (Å²) in [5.41, 5.74) is -0.391. The highest BCUT2D eigenvalue weighted by molar-refractivity contribution is 5.79. The number of benzene rings is 1. The lowest BCUT2D eigenvalue weighted by Gasteiger charge is -2.38. The molecule has 1 aromatic rings. The van der Waals surface area contributed by atoms with Gasteiger partial charge >= 0.3 is 6.18 Å². The number of methoxy groups -OCH3 is 1. The van der Waals surface area contributed by atoms with Crippen LogP contribution in [0.3, 0.4) is 0 Å². The molecule has 1 aromatic carbocycles. The first-order chi connectivity index (χ1) is 14.4. The number of nitrogens with one attached hydrogen (secondary N) is 2. The highest BCUT2D eigenvalue weighted by atomic mass is 19.4. The molecule has 9 heteroatoms. The minimum Gasteiger partial charge on any atom is -0.382 e. The minimum atomic E-state index is -4.36. The number of nitrogens with zero attached hydrogens (tertiary/aromatic N) is 1. The summed E-state index contributed by atoms with van der Waals surface area (Å²) in [5.74, 6) is 0.615. The van der Waals surface area contributed by atoms with Crippen LogP contribution in [0.1, 0.15) is 30.4 Å². The summed E-state index contributed by atoms with van der Waals surface area (Å²) in [6.45, 7) is 3.92. The first kappa shape index (κ1) is 24.4. The van der Waals surface area contributed by atoms with Crippen molar-refractivity contribution in [2.24, 2.45) is 4.99 Å². The van der Waals surface area contributed by atoms with Gasteiger partial charge in [-0.25, -0.2) is 0 Å². The fourth-order valence-corrected chi connectivity index (χ4v) is 3.45. The second-order valence-corrected chi connectivity index (χ2v) is 7.28. The van der Waals surface area contributed by atoms with E-state index in [9.17, 15) is 13.2 Å². The molecule has 1 aliphatic rings. The van der Waals surface area contributed by atoms with Crippen LogP contribution in [0.5, 0.6) is 0 Å². The van der Waals surface area contributed by atoms with Crippen molar-refractivity contribution in [1.82, 2.24) is 10.6 Å². The van der Waals surface area contributed by atoms with Gasteiger partial charge < -0.3 is 24.8 Å². The maximum absolute atomic E-state index is 13.2. The topological polar surface area (TPSA) is 64.1 Å². The molecule has 0 radical (unpaired) electrons. The van der Waals surface area contributed by atoms with Crippen molar-refractivity contribution in [2.75, 3.05) is 60.3 Å². The molecule has 1 heterocycles. The van der Waals surface area contributed by atoms with Gasteiger partial charge in [-0.2, -0.15) is 13.2 Å². The average molecular weight is 431 g/mol. The number of hydrogen-bond acceptors (Lipinski definition) is 4. The Balaban J connectivity index is 1.96. The van der Waals surface area contributed by atoms with Crippen molar-refractivity contribution >= 4 is 5.96 Å². The van der Waals surface area contributed by atoms with Gasteiger partial charge in [-0.3, -0.25) is 4.99 Å². The zero-order chi connectivity index (χ0) is 21.9. The Kier molecular flexibility index (Phi) is 9.87. The highest BCUT2D eigenvalue weighted by Gasteiger charge is 2.37. The van der Waals surface area contributed by atoms with Crippen LogP contribution in [0.25, 0.3) is 0 Å². The quantitative estimate of drug-likeness (QED) is 0.339. The monoisotopic (exact) mass is 431 g/mol. The van der Waals surface area contributed by atoms with E-state index in [4.69, 9.17) is 14.2 Å². The molecule has 0 aromatic heterocycles. The zero-order valence-electron chi connectivity index (χ0n) is 17.7. The van der Waals surface area contributed by atoms with Gasteiger partial charge in [0.15, 0.2) is 5.96 Å². The highest BCUT2D eigenvalue weighted by Crippen LogP contribution is 2.37. The van der Waals surface area contributed by atoms with E-state index in [1.54, 1.807) is 20.2 Å². The van der Waals surface area contributed by atoms with Gasteiger partial charge in [0.05, 0.1) is 18.8 Å². The van der Waals surface area contributed by atoms with Crippen molar-refractivity contribution in [3.8, 4) is 0 Å². The molecule has 0 atom stereocenters. The molecule has 170 valence electrons. The molecule has 1 saturated heterocycles. The van der Waals surface area contributed by atoms with Gasteiger partial charge in [0, 0.05) is 52.5 Å². The molecule has 0 unspecified atom stereocenters. The van der Waals surface area contributed by atoms with Crippen LogP contribution >= 0.6 is 0 Å². The molecular weight excluding hydrogens is 399 g/mol. The third kappa shape index (κ3) is 7.45. The van der Waals surface area contributed by atoms with Crippen molar-refractivity contribution in [3.63, 3.8) is 0 Å². The lowest BCUT2D eigenvalue weighted by atomic mass is 9.73. The summed E-state index contributed by atoms with van der Waals surface area (Å²) in [7, 11) is 3.30. The van der Waals surface area contributed by atoms with Crippen LogP contribution in [-0.4, -0.2) is 66.2 Å². The van der Waals surface area contributed by atoms with Crippen molar-refractivity contribution in [2.45, 2.75) is 30.9 Å². The number of aliphatic imine (C=N–C) groups is 1. The van der Waals surface area contributed by atoms with Crippen LogP contribution in [0.15, 0.2) is 29.3 Å². The van der Waals surface area contributed by atoms with Gasteiger partial charge in [-0.1, -0.05) is 18.2 Å². The fraction of sp³-hybridized carbons (Fsp3) is 0.667. The smallest absolute Gasteiger partial charge is 0.382 e. The minimum absolute atomic E-state index is 0.444. The molecule has 30 heavy (non-hydrogen) atoms. The molecule has 0 bridgehead atoms. The standard InChI is InChI=1S/C21H32F3N3O3/c1-25-19(26-9-4-10-29-14-13-28-2)27-16-20(7-11-30-12-8-20)17-5-3-6-18(15-17)21(22,23)24/h3,5-6,15H,4,7-14,16H2,1-2H3,(H2,25,26,27). The number of ether oxygens (including phenoxy) is 3. The van der Waals surface area contributed by atoms with E-state index in [-0.39, 0.29) is 0 Å². The number of guanidine groups is 1. The van der Waals surface area contributed by atoms with E-state index < -0.39 is 17.2 Å². The lowest BCUT2D eigenvalue weighted by Crippen LogP contribution is -2.48. The third-order valence-electron chi connectivity index (χ3n) is 5.26. The Labute approximate surface area is 176 Å². The molecule has 6 nitrogen and oxygen atoms in total. The zero-order valence-corrected chi connectivity index (χ0v) is 17.7. The second kappa shape index (κ2) is 12.1. The molecule has 1 fully saturated rings. The van der Waals surface area contributed by atoms with Crippen molar-refractivity contribution in [1.29, 1.82) is 0 Å². The van der Waals surface area contributed by atoms with E-state index in [0.29, 0.717) is 70.5 Å². The van der Waals surface area contributed by atoms with Crippen LogP contribution in [-0.2, 0) is 25.8 Å². The second-order valence-electron chi connectivity index (χ2n) is 7.28. The Hall–Kier alpha value is -1.84. The Bertz CT molecular complexity index is 662. The van der Waals surface area contributed by atoms with E-state index in [0.717, 1.165) is 12.5 Å². The fourth-order valence-electron chi connectivity index (χ4n) is 3.45. The third-order valence-corrected chi connectivity index (χ3v) is 5.26. The molecule has 0 spiro atoms. The van der Waals surface area contributed by atoms with Crippen LogP contribution < -0.4 is 10.6 Å². The first-order valence-corrected chi connectivity index (χ1v) is 10.2. The SMILES string of the molecule is CN=C(NCCCOCCOC)NCC1(c2cccc(C(F)(F)F)c2)CCOCC1. The molecule has 0 amide bonds. The molecular formula is C21H32F3N3O3. The van der Waals surface area contributed by atoms with Crippen molar-refractivity contribution < 1.29 is 27.4 Å². The molecule has 2 N–H and O–H groups in total. The number of halogens is 3. The van der Waals surface area contributed by atoms with Gasteiger partial charge in [0.25, 0.3) is 0 Å². The maximum Gasteiger partial charge on any atom is 0.416 e. The normalized spacial score (nSPS) is 17.0. The van der Waals surface area contributed by atoms with E-state index >= 15 is 0 Å². The lowest BCUT2D eigenvalue weighted by molar-refractivity contribution is -0.137. The molecule has 0 aliphatic carbocycles. The first-order valence-electron chi connectivity index (χ1n) is 10.2. The number of rotatable bonds is 10. The van der Waals surface area contributed by atoms with Crippen LogP contribution in [0, 0.1) is 0 Å². The van der Waals surface area contributed by atoms with Gasteiger partial charge in [0.2, 0.25) is 0 Å². The summed E-state index contributed by atoms with van der Waals surface area (Å²) < 4.78 is 55.5. The largest absolute Gasteiger partial charge is 0.416 e. The van der Waals surface area contributed by atoms with E-state index in [1.165, 1.54) is 12.1 Å². The van der Waals surface area contributed by atoms with Crippen molar-refractivity contribution in [3.05, 3.63) is 35.4 Å². The summed E-state index contributed by atoms with van der Waals surface area (Å²) >= 11 is 0. The van der Waals surface area contributed by atoms with E-state index in [1.807, 2.05) is 0 Å². The number of alkyl halides is 3. The summed E-state index contributed by atoms with van der Waals surface area (Å²) in [4.78, 5) is 4.22. The van der Waals surface area contributed by atoms with Gasteiger partial charge in [-0.05, 0) is 30.9 Å². The molecule has 0 saturated carbocycles. The predicted octanol–water partition coefficient (Wildman–Crippen LogP) is 2.97. The Morgan fingerprint density at radius 1 is 1.17 bits per heavy atom. The Morgan fingerprint density at radius 3 is 2.60 bits per heavy atom. The maximum atomic E-state index is 13.2. The summed E-state index contributed by atoms with van der Waals surface area (Å²) in [6.07, 6.45) is -2.27. The predicted molar refractivity (Wildman–Crippen MR) is 110 cm³/mol. The van der Waals surface area contributed by atoms with Gasteiger partial charge in [-0.15, -0.1) is 0 Å². The molecule has 2 rings (SSSR count). The summed E-state index contributed by atoms with van der Waals surface area (Å²) in [6, 6.07) is 5.63. The van der Waals surface area contributed by atoms with Crippen LogP contribution in [0.4, 0.5) is 13.2 Å². The summed E-state index contributed by atoms with van der Waals surface area (Å²) in [5, 5.41) is 6.51. The average Bonchev–Trinajstić information content (AvgIpc) is 2.75. The van der Waals surface area contributed by atoms with Gasteiger partial charge in [0.1, 0.15) is 0 Å². The van der Waals surface area contributed by atoms with Crippen LogP contribution in [0.2, 0.25) is 0 Å². The van der Waals surface area contributed by atoms with E-state index in [2.05, 4.69) is 15.6 Å². The number of hydrogen-bond donors (Lipinski definition) is 2. The Morgan fingerprint density at radius 2 is 1.93 bits per heavy atom.